The molecule has 0 saturated carbocycles. The van der Waals surface area contributed by atoms with Crippen LogP contribution in [0.15, 0.2) is 36.5 Å². The van der Waals surface area contributed by atoms with Gasteiger partial charge in [0.1, 0.15) is 5.69 Å². The first-order valence-electron chi connectivity index (χ1n) is 6.92. The van der Waals surface area contributed by atoms with Gasteiger partial charge in [-0.15, -0.1) is 0 Å². The molecule has 1 aromatic heterocycles. The second-order valence-corrected chi connectivity index (χ2v) is 4.54. The smallest absolute Gasteiger partial charge is 0.272 e. The van der Waals surface area contributed by atoms with E-state index in [1.165, 1.54) is 0 Å². The molecule has 21 heavy (non-hydrogen) atoms. The molecule has 1 amide bonds. The average molecular weight is 282 g/mol. The number of aliphatic hydroxyl groups is 1. The van der Waals surface area contributed by atoms with Crippen LogP contribution in [0.1, 0.15) is 35.0 Å². The standard InChI is InChI=1S/C17H18N2O2/c1-2-14-12-13(6-3-4-11-20)8-9-15(14)19-17(21)16-7-5-10-18-16/h5,7-10,12,18,20H,2,4,11H2,1H3,(H,19,21). The van der Waals surface area contributed by atoms with Crippen LogP contribution in [0.2, 0.25) is 0 Å². The van der Waals surface area contributed by atoms with E-state index < -0.39 is 0 Å². The van der Waals surface area contributed by atoms with Crippen LogP contribution in [0, 0.1) is 11.8 Å². The van der Waals surface area contributed by atoms with Gasteiger partial charge in [-0.1, -0.05) is 18.8 Å². The van der Waals surface area contributed by atoms with Crippen LogP contribution in [-0.2, 0) is 6.42 Å². The molecule has 108 valence electrons. The van der Waals surface area contributed by atoms with Gasteiger partial charge in [0.25, 0.3) is 5.91 Å². The van der Waals surface area contributed by atoms with Crippen molar-refractivity contribution in [3.63, 3.8) is 0 Å². The van der Waals surface area contributed by atoms with E-state index in [1.54, 1.807) is 18.3 Å². The largest absolute Gasteiger partial charge is 0.395 e. The Morgan fingerprint density at radius 2 is 2.24 bits per heavy atom. The Balaban J connectivity index is 2.17. The molecule has 0 aliphatic carbocycles. The maximum absolute atomic E-state index is 12.0. The maximum Gasteiger partial charge on any atom is 0.272 e. The van der Waals surface area contributed by atoms with Crippen LogP contribution in [0.4, 0.5) is 5.69 Å². The van der Waals surface area contributed by atoms with E-state index in [2.05, 4.69) is 22.1 Å². The van der Waals surface area contributed by atoms with Crippen LogP contribution >= 0.6 is 0 Å². The van der Waals surface area contributed by atoms with E-state index in [1.807, 2.05) is 25.1 Å². The number of benzene rings is 1. The highest BCUT2D eigenvalue weighted by Gasteiger charge is 2.09. The predicted molar refractivity (Wildman–Crippen MR) is 83.1 cm³/mol. The van der Waals surface area contributed by atoms with Gasteiger partial charge in [0, 0.05) is 23.9 Å². The summed E-state index contributed by atoms with van der Waals surface area (Å²) in [7, 11) is 0. The summed E-state index contributed by atoms with van der Waals surface area (Å²) in [5.74, 6) is 5.73. The number of hydrogen-bond donors (Lipinski definition) is 3. The van der Waals surface area contributed by atoms with E-state index in [9.17, 15) is 4.79 Å². The number of carbonyl (C=O) groups is 1. The van der Waals surface area contributed by atoms with Gasteiger partial charge in [0.15, 0.2) is 0 Å². The third-order valence-electron chi connectivity index (χ3n) is 3.05. The van der Waals surface area contributed by atoms with Crippen molar-refractivity contribution >= 4 is 11.6 Å². The van der Waals surface area contributed by atoms with Gasteiger partial charge in [-0.25, -0.2) is 0 Å². The summed E-state index contributed by atoms with van der Waals surface area (Å²) in [5.41, 5.74) is 3.25. The Morgan fingerprint density at radius 1 is 1.38 bits per heavy atom. The number of aromatic nitrogens is 1. The van der Waals surface area contributed by atoms with Crippen molar-refractivity contribution in [1.82, 2.24) is 4.98 Å². The van der Waals surface area contributed by atoms with Gasteiger partial charge < -0.3 is 15.4 Å². The summed E-state index contributed by atoms with van der Waals surface area (Å²) in [4.78, 5) is 14.9. The Morgan fingerprint density at radius 3 is 2.90 bits per heavy atom. The Kier molecular flexibility index (Phi) is 5.19. The maximum atomic E-state index is 12.0. The number of aliphatic hydroxyl groups excluding tert-OH is 1. The summed E-state index contributed by atoms with van der Waals surface area (Å²) in [6.45, 7) is 2.10. The zero-order valence-corrected chi connectivity index (χ0v) is 11.9. The van der Waals surface area contributed by atoms with Gasteiger partial charge in [-0.05, 0) is 42.3 Å². The average Bonchev–Trinajstić information content (AvgIpc) is 3.03. The fourth-order valence-electron chi connectivity index (χ4n) is 1.97. The fourth-order valence-corrected chi connectivity index (χ4v) is 1.97. The minimum absolute atomic E-state index is 0.0674. The van der Waals surface area contributed by atoms with E-state index in [4.69, 9.17) is 5.11 Å². The number of anilines is 1. The molecule has 0 atom stereocenters. The van der Waals surface area contributed by atoms with Crippen molar-refractivity contribution in [1.29, 1.82) is 0 Å². The SMILES string of the molecule is CCc1cc(C#CCCO)ccc1NC(=O)c1ccc[nH]1. The summed E-state index contributed by atoms with van der Waals surface area (Å²) >= 11 is 0. The molecule has 1 heterocycles. The van der Waals surface area contributed by atoms with Crippen molar-refractivity contribution < 1.29 is 9.90 Å². The first kappa shape index (κ1) is 14.9. The number of nitrogens with one attached hydrogen (secondary N) is 2. The molecule has 3 N–H and O–H groups in total. The number of rotatable bonds is 4. The lowest BCUT2D eigenvalue weighted by molar-refractivity contribution is 0.102. The van der Waals surface area contributed by atoms with Crippen molar-refractivity contribution in [3.05, 3.63) is 53.3 Å². The van der Waals surface area contributed by atoms with Crippen molar-refractivity contribution in [3.8, 4) is 11.8 Å². The molecular weight excluding hydrogens is 264 g/mol. The fraction of sp³-hybridized carbons (Fsp3) is 0.235. The molecule has 0 fully saturated rings. The summed E-state index contributed by atoms with van der Waals surface area (Å²) in [6, 6.07) is 9.22. The molecule has 1 aromatic carbocycles. The quantitative estimate of drug-likeness (QED) is 0.755. The molecule has 4 nitrogen and oxygen atoms in total. The molecule has 0 radical (unpaired) electrons. The number of amides is 1. The third-order valence-corrected chi connectivity index (χ3v) is 3.05. The second-order valence-electron chi connectivity index (χ2n) is 4.54. The zero-order valence-electron chi connectivity index (χ0n) is 11.9. The first-order valence-corrected chi connectivity index (χ1v) is 6.92. The number of aromatic amines is 1. The highest BCUT2D eigenvalue weighted by atomic mass is 16.2. The van der Waals surface area contributed by atoms with Crippen molar-refractivity contribution in [2.45, 2.75) is 19.8 Å². The van der Waals surface area contributed by atoms with Crippen molar-refractivity contribution in [2.75, 3.05) is 11.9 Å². The molecule has 0 spiro atoms. The normalized spacial score (nSPS) is 9.81. The number of aryl methyl sites for hydroxylation is 1. The van der Waals surface area contributed by atoms with E-state index in [0.29, 0.717) is 12.1 Å². The Hall–Kier alpha value is -2.51. The van der Waals surface area contributed by atoms with Crippen LogP contribution in [0.5, 0.6) is 0 Å². The van der Waals surface area contributed by atoms with Gasteiger partial charge in [-0.3, -0.25) is 4.79 Å². The predicted octanol–water partition coefficient (Wildman–Crippen LogP) is 2.56. The van der Waals surface area contributed by atoms with Crippen molar-refractivity contribution in [2.24, 2.45) is 0 Å². The van der Waals surface area contributed by atoms with Crippen LogP contribution in [-0.4, -0.2) is 22.6 Å². The minimum atomic E-state index is -0.159. The zero-order chi connectivity index (χ0) is 15.1. The van der Waals surface area contributed by atoms with Gasteiger partial charge in [-0.2, -0.15) is 0 Å². The van der Waals surface area contributed by atoms with Crippen LogP contribution < -0.4 is 5.32 Å². The molecule has 0 saturated heterocycles. The van der Waals surface area contributed by atoms with Crippen LogP contribution in [0.3, 0.4) is 0 Å². The minimum Gasteiger partial charge on any atom is -0.395 e. The third kappa shape index (κ3) is 3.98. The lowest BCUT2D eigenvalue weighted by Crippen LogP contribution is -2.13. The molecular formula is C17H18N2O2. The first-order chi connectivity index (χ1) is 10.2. The molecule has 4 heteroatoms. The van der Waals surface area contributed by atoms with E-state index in [-0.39, 0.29) is 12.5 Å². The molecule has 2 aromatic rings. The number of H-pyrrole nitrogens is 1. The molecule has 2 rings (SSSR count). The molecule has 0 aliphatic heterocycles. The topological polar surface area (TPSA) is 65.1 Å². The Labute approximate surface area is 124 Å². The number of hydrogen-bond acceptors (Lipinski definition) is 2. The molecule has 0 bridgehead atoms. The van der Waals surface area contributed by atoms with Gasteiger partial charge in [0.05, 0.1) is 6.61 Å². The lowest BCUT2D eigenvalue weighted by atomic mass is 10.1. The van der Waals surface area contributed by atoms with Crippen LogP contribution in [0.25, 0.3) is 0 Å². The van der Waals surface area contributed by atoms with E-state index >= 15 is 0 Å². The van der Waals surface area contributed by atoms with Gasteiger partial charge >= 0.3 is 0 Å². The summed E-state index contributed by atoms with van der Waals surface area (Å²) < 4.78 is 0. The lowest BCUT2D eigenvalue weighted by Gasteiger charge is -2.09. The Bertz CT molecular complexity index is 664. The highest BCUT2D eigenvalue weighted by Crippen LogP contribution is 2.18. The number of carbonyl (C=O) groups excluding carboxylic acids is 1. The molecule has 0 aliphatic rings. The van der Waals surface area contributed by atoms with Gasteiger partial charge in [0.2, 0.25) is 0 Å². The summed E-state index contributed by atoms with van der Waals surface area (Å²) in [5, 5.41) is 11.6. The summed E-state index contributed by atoms with van der Waals surface area (Å²) in [6.07, 6.45) is 2.98. The van der Waals surface area contributed by atoms with E-state index in [0.717, 1.165) is 23.2 Å². The second kappa shape index (κ2) is 7.32. The monoisotopic (exact) mass is 282 g/mol. The highest BCUT2D eigenvalue weighted by molar-refractivity contribution is 6.03. The molecule has 0 unspecified atom stereocenters.